The van der Waals surface area contributed by atoms with Gasteiger partial charge in [-0.1, -0.05) is 60.1 Å². The normalized spacial score (nSPS) is 30.9. The van der Waals surface area contributed by atoms with Gasteiger partial charge in [0, 0.05) is 43.2 Å². The molecule has 2 saturated carbocycles. The first-order valence-electron chi connectivity index (χ1n) is 21.7. The second-order valence-corrected chi connectivity index (χ2v) is 19.0. The number of ether oxygens (including phenoxy) is 9. The third-order valence-corrected chi connectivity index (χ3v) is 14.3. The topological polar surface area (TPSA) is 220 Å². The first-order chi connectivity index (χ1) is 32.1. The van der Waals surface area contributed by atoms with Crippen LogP contribution in [-0.2, 0) is 61.9 Å². The molecule has 5 aliphatic rings. The first-order valence-corrected chi connectivity index (χ1v) is 22.5. The Labute approximate surface area is 398 Å². The third kappa shape index (κ3) is 7.95. The summed E-state index contributed by atoms with van der Waals surface area (Å²) in [7, 11) is 0. The van der Waals surface area contributed by atoms with Gasteiger partial charge in [-0.2, -0.15) is 0 Å². The van der Waals surface area contributed by atoms with E-state index in [1.165, 1.54) is 44.2 Å². The van der Waals surface area contributed by atoms with Gasteiger partial charge in [0.2, 0.25) is 5.60 Å². The quantitative estimate of drug-likeness (QED) is 0.0685. The van der Waals surface area contributed by atoms with Crippen LogP contribution in [0.15, 0.2) is 101 Å². The average molecular weight is 1000 g/mol. The van der Waals surface area contributed by atoms with Crippen molar-refractivity contribution in [2.45, 2.75) is 103 Å². The Bertz CT molecular complexity index is 2660. The molecule has 2 bridgehead atoms. The van der Waals surface area contributed by atoms with E-state index < -0.39 is 112 Å². The Morgan fingerprint density at radius 1 is 0.765 bits per heavy atom. The van der Waals surface area contributed by atoms with Crippen LogP contribution in [0.2, 0.25) is 0 Å². The maximum absolute atomic E-state index is 16.1. The number of carbonyl (C=O) groups is 8. The molecule has 2 saturated heterocycles. The minimum Gasteiger partial charge on any atom is -0.458 e. The summed E-state index contributed by atoms with van der Waals surface area (Å²) in [6.07, 6.45) is -8.44. The van der Waals surface area contributed by atoms with E-state index in [1.54, 1.807) is 68.4 Å². The second-order valence-electron chi connectivity index (χ2n) is 18.0. The van der Waals surface area contributed by atoms with E-state index in [0.29, 0.717) is 11.1 Å². The predicted molar refractivity (Wildman–Crippen MR) is 237 cm³/mol. The van der Waals surface area contributed by atoms with Crippen molar-refractivity contribution in [2.75, 3.05) is 6.61 Å². The summed E-state index contributed by atoms with van der Waals surface area (Å²) in [6.45, 7) is 9.08. The van der Waals surface area contributed by atoms with E-state index >= 15 is 4.79 Å². The molecular weight excluding hydrogens is 952 g/mol. The van der Waals surface area contributed by atoms with Crippen LogP contribution < -0.4 is 4.74 Å². The van der Waals surface area contributed by atoms with Gasteiger partial charge in [-0.15, -0.1) is 0 Å². The van der Waals surface area contributed by atoms with Crippen molar-refractivity contribution in [2.24, 2.45) is 16.7 Å². The Hall–Kier alpha value is -6.66. The van der Waals surface area contributed by atoms with Crippen molar-refractivity contribution >= 4 is 69.8 Å². The van der Waals surface area contributed by atoms with Gasteiger partial charge in [0.05, 0.1) is 29.1 Å². The largest absolute Gasteiger partial charge is 0.509 e. The number of ketones is 1. The zero-order valence-electron chi connectivity index (χ0n) is 37.9. The molecule has 18 heteroatoms. The number of Topliss-reactive ketones (excluding diaryl/α,β-unsaturated/α-hetero) is 1. The summed E-state index contributed by atoms with van der Waals surface area (Å²) in [5, 5.41) is 0. The van der Waals surface area contributed by atoms with Gasteiger partial charge in [-0.25, -0.2) is 19.2 Å². The number of hydrogen-bond donors (Lipinski definition) is 0. The van der Waals surface area contributed by atoms with E-state index in [2.05, 4.69) is 15.9 Å². The molecule has 3 aromatic rings. The fourth-order valence-corrected chi connectivity index (χ4v) is 11.1. The zero-order chi connectivity index (χ0) is 49.1. The SMILES string of the molecule is CC(=O)O[C@H]1C(=O)[C@]2(C)[C@@H](OC(=O)/C=C/c3ccc(OC(=O)c4ccc(Br)cc4)cc3)C[C@H]3OC[C@@]3(OC(C)=O)[C@H]2[C@H](OC(=O)c2ccccc2)[C@]23OC(=O)O[C@H]2[C@H](OC(C)=O)C(C)=C1C3(C)C. The zero-order valence-corrected chi connectivity index (χ0v) is 39.5. The predicted octanol–water partition coefficient (Wildman–Crippen LogP) is 6.62. The minimum absolute atomic E-state index is 0.0309. The molecule has 0 unspecified atom stereocenters. The monoisotopic (exact) mass is 998 g/mol. The van der Waals surface area contributed by atoms with Crippen molar-refractivity contribution < 1.29 is 81.0 Å². The molecule has 68 heavy (non-hydrogen) atoms. The smallest absolute Gasteiger partial charge is 0.458 e. The van der Waals surface area contributed by atoms with Crippen LogP contribution >= 0.6 is 15.9 Å². The van der Waals surface area contributed by atoms with E-state index in [-0.39, 0.29) is 35.5 Å². The van der Waals surface area contributed by atoms with Gasteiger partial charge in [0.1, 0.15) is 18.0 Å². The average Bonchev–Trinajstić information content (AvgIpc) is 3.65. The number of benzene rings is 3. The number of carbonyl (C=O) groups excluding carboxylic acids is 8. The lowest BCUT2D eigenvalue weighted by Gasteiger charge is -2.67. The summed E-state index contributed by atoms with van der Waals surface area (Å²) in [6, 6.07) is 20.7. The lowest BCUT2D eigenvalue weighted by Crippen LogP contribution is -2.83. The number of fused-ring (bicyclic) bond motifs is 4. The highest BCUT2D eigenvalue weighted by atomic mass is 79.9. The standard InChI is InChI=1S/C50H47BrO17/c1-25-37-39(62-27(3)53)41(56)48(7)34(64-36(55)22-15-29-13-20-33(21-14-29)63-44(57)31-16-18-32(51)19-17-31)23-35-49(24-60-35,67-28(4)54)40(48)43(65-45(58)30-11-9-8-10-12-30)50(47(37,5)6)42(66-46(59)68-50)38(25)61-26(2)52/h8-22,34-35,38-40,42-43H,23-24H2,1-7H3/b22-15+/t34-,35+,38+,39+,40-,42-,43-,48+,49-,50+/m0/s1. The highest BCUT2D eigenvalue weighted by Crippen LogP contribution is 2.67. The lowest BCUT2D eigenvalue weighted by atomic mass is 9.44. The number of rotatable bonds is 10. The molecule has 0 radical (unpaired) electrons. The Morgan fingerprint density at radius 3 is 2.01 bits per heavy atom. The van der Waals surface area contributed by atoms with Crippen LogP contribution in [0.1, 0.15) is 81.2 Å². The summed E-state index contributed by atoms with van der Waals surface area (Å²) in [5.74, 6) is -7.32. The molecular formula is C50H47BrO17. The minimum atomic E-state index is -2.27. The van der Waals surface area contributed by atoms with E-state index in [9.17, 15) is 33.6 Å². The van der Waals surface area contributed by atoms with Crippen LogP contribution in [0.4, 0.5) is 4.79 Å². The van der Waals surface area contributed by atoms with Crippen LogP contribution in [0.25, 0.3) is 6.08 Å². The molecule has 0 amide bonds. The number of esters is 6. The fraction of sp³-hybridized carbons (Fsp3) is 0.400. The third-order valence-electron chi connectivity index (χ3n) is 13.8. The maximum Gasteiger partial charge on any atom is 0.509 e. The van der Waals surface area contributed by atoms with Crippen LogP contribution in [0.3, 0.4) is 0 Å². The maximum atomic E-state index is 16.1. The van der Waals surface area contributed by atoms with Crippen molar-refractivity contribution in [1.82, 2.24) is 0 Å². The van der Waals surface area contributed by atoms with Crippen LogP contribution in [0, 0.1) is 16.7 Å². The fourth-order valence-electron chi connectivity index (χ4n) is 10.8. The second kappa shape index (κ2) is 17.8. The summed E-state index contributed by atoms with van der Waals surface area (Å²) >= 11 is 3.33. The van der Waals surface area contributed by atoms with Crippen LogP contribution in [-0.4, -0.2) is 102 Å². The molecule has 1 spiro atoms. The molecule has 4 fully saturated rings. The molecule has 2 heterocycles. The number of halogens is 1. The van der Waals surface area contributed by atoms with Crippen LogP contribution in [0.5, 0.6) is 5.75 Å². The van der Waals surface area contributed by atoms with Crippen molar-refractivity contribution in [3.63, 3.8) is 0 Å². The molecule has 0 N–H and O–H groups in total. The van der Waals surface area contributed by atoms with Gasteiger partial charge in [-0.05, 0) is 85.2 Å². The molecule has 356 valence electrons. The van der Waals surface area contributed by atoms with E-state index in [4.69, 9.17) is 42.6 Å². The number of hydrogen-bond acceptors (Lipinski definition) is 17. The molecule has 10 atom stereocenters. The Balaban J connectivity index is 1.27. The van der Waals surface area contributed by atoms with Gasteiger partial charge in [0.15, 0.2) is 35.8 Å². The first kappa shape index (κ1) is 47.8. The van der Waals surface area contributed by atoms with Gasteiger partial charge in [-0.3, -0.25) is 19.2 Å². The van der Waals surface area contributed by atoms with E-state index in [0.717, 1.165) is 31.3 Å². The molecule has 0 aromatic heterocycles. The molecule has 3 aliphatic carbocycles. The van der Waals surface area contributed by atoms with Gasteiger partial charge >= 0.3 is 42.0 Å². The molecule has 3 aromatic carbocycles. The van der Waals surface area contributed by atoms with Gasteiger partial charge < -0.3 is 42.6 Å². The highest BCUT2D eigenvalue weighted by molar-refractivity contribution is 9.10. The van der Waals surface area contributed by atoms with Crippen molar-refractivity contribution in [1.29, 1.82) is 0 Å². The molecule has 8 rings (SSSR count). The van der Waals surface area contributed by atoms with Crippen molar-refractivity contribution in [3.8, 4) is 5.75 Å². The molecule has 2 aliphatic heterocycles. The summed E-state index contributed by atoms with van der Waals surface area (Å²) in [4.78, 5) is 111. The van der Waals surface area contributed by atoms with E-state index in [1.807, 2.05) is 0 Å². The summed E-state index contributed by atoms with van der Waals surface area (Å²) in [5.41, 5.74) is -6.93. The molecule has 17 nitrogen and oxygen atoms in total. The summed E-state index contributed by atoms with van der Waals surface area (Å²) < 4.78 is 55.5. The lowest BCUT2D eigenvalue weighted by molar-refractivity contribution is -0.346. The Morgan fingerprint density at radius 2 is 1.41 bits per heavy atom. The van der Waals surface area contributed by atoms with Crippen molar-refractivity contribution in [3.05, 3.63) is 117 Å². The highest BCUT2D eigenvalue weighted by Gasteiger charge is 2.83. The van der Waals surface area contributed by atoms with Gasteiger partial charge in [0.25, 0.3) is 0 Å². The Kier molecular flexibility index (Phi) is 12.5.